The SMILES string of the molecule is N#Cc1cc(NC(=O)C(N)CC(N)=O)ccc1Cl. The molecule has 0 spiro atoms. The van der Waals surface area contributed by atoms with E-state index in [-0.39, 0.29) is 17.0 Å². The van der Waals surface area contributed by atoms with E-state index in [9.17, 15) is 9.59 Å². The normalized spacial score (nSPS) is 11.4. The van der Waals surface area contributed by atoms with E-state index >= 15 is 0 Å². The Hall–Kier alpha value is -2.10. The lowest BCUT2D eigenvalue weighted by Crippen LogP contribution is -2.38. The molecule has 0 saturated carbocycles. The van der Waals surface area contributed by atoms with Crippen LogP contribution in [0.5, 0.6) is 0 Å². The highest BCUT2D eigenvalue weighted by Gasteiger charge is 2.16. The number of anilines is 1. The van der Waals surface area contributed by atoms with Crippen molar-refractivity contribution >= 4 is 29.1 Å². The van der Waals surface area contributed by atoms with Gasteiger partial charge in [-0.1, -0.05) is 11.6 Å². The van der Waals surface area contributed by atoms with Crippen molar-refractivity contribution in [1.82, 2.24) is 0 Å². The van der Waals surface area contributed by atoms with Gasteiger partial charge in [-0.05, 0) is 18.2 Å². The lowest BCUT2D eigenvalue weighted by atomic mass is 10.1. The van der Waals surface area contributed by atoms with Gasteiger partial charge in [0.05, 0.1) is 23.0 Å². The van der Waals surface area contributed by atoms with Crippen molar-refractivity contribution in [3.05, 3.63) is 28.8 Å². The molecule has 0 aliphatic carbocycles. The molecular formula is C11H11ClN4O2. The summed E-state index contributed by atoms with van der Waals surface area (Å²) in [7, 11) is 0. The molecule has 6 nitrogen and oxygen atoms in total. The molecule has 94 valence electrons. The topological polar surface area (TPSA) is 122 Å². The van der Waals surface area contributed by atoms with Crippen LogP contribution in [0.3, 0.4) is 0 Å². The first-order valence-corrected chi connectivity index (χ1v) is 5.36. The number of nitrogens with zero attached hydrogens (tertiary/aromatic N) is 1. The number of nitrogens with one attached hydrogen (secondary N) is 1. The lowest BCUT2D eigenvalue weighted by molar-refractivity contribution is -0.123. The Balaban J connectivity index is 2.76. The Labute approximate surface area is 109 Å². The molecule has 1 aromatic rings. The van der Waals surface area contributed by atoms with E-state index < -0.39 is 17.9 Å². The Morgan fingerprint density at radius 1 is 1.50 bits per heavy atom. The fourth-order valence-electron chi connectivity index (χ4n) is 1.23. The molecule has 0 aromatic heterocycles. The maximum atomic E-state index is 11.6. The predicted molar refractivity (Wildman–Crippen MR) is 66.6 cm³/mol. The van der Waals surface area contributed by atoms with Crippen molar-refractivity contribution in [3.63, 3.8) is 0 Å². The van der Waals surface area contributed by atoms with E-state index in [0.29, 0.717) is 5.69 Å². The van der Waals surface area contributed by atoms with E-state index in [4.69, 9.17) is 28.3 Å². The van der Waals surface area contributed by atoms with Crippen molar-refractivity contribution in [2.24, 2.45) is 11.5 Å². The number of benzene rings is 1. The van der Waals surface area contributed by atoms with Gasteiger partial charge in [0.15, 0.2) is 0 Å². The van der Waals surface area contributed by atoms with E-state index in [1.165, 1.54) is 18.2 Å². The molecule has 5 N–H and O–H groups in total. The molecule has 0 aliphatic rings. The zero-order valence-electron chi connectivity index (χ0n) is 9.31. The van der Waals surface area contributed by atoms with Crippen LogP contribution >= 0.6 is 11.6 Å². The van der Waals surface area contributed by atoms with Crippen LogP contribution in [-0.2, 0) is 9.59 Å². The Kier molecular flexibility index (Phi) is 4.66. The van der Waals surface area contributed by atoms with E-state index in [1.54, 1.807) is 0 Å². The molecule has 0 saturated heterocycles. The lowest BCUT2D eigenvalue weighted by Gasteiger charge is -2.10. The summed E-state index contributed by atoms with van der Waals surface area (Å²) >= 11 is 5.74. The second-order valence-corrected chi connectivity index (χ2v) is 3.98. The van der Waals surface area contributed by atoms with Gasteiger partial charge in [-0.2, -0.15) is 5.26 Å². The number of nitrogens with two attached hydrogens (primary N) is 2. The van der Waals surface area contributed by atoms with Gasteiger partial charge in [-0.25, -0.2) is 0 Å². The van der Waals surface area contributed by atoms with Gasteiger partial charge >= 0.3 is 0 Å². The van der Waals surface area contributed by atoms with Gasteiger partial charge in [0.1, 0.15) is 6.07 Å². The van der Waals surface area contributed by atoms with E-state index in [1.807, 2.05) is 6.07 Å². The summed E-state index contributed by atoms with van der Waals surface area (Å²) in [5, 5.41) is 11.5. The summed E-state index contributed by atoms with van der Waals surface area (Å²) in [6.07, 6.45) is -0.246. The van der Waals surface area contributed by atoms with Crippen LogP contribution < -0.4 is 16.8 Å². The summed E-state index contributed by atoms with van der Waals surface area (Å²) < 4.78 is 0. The minimum Gasteiger partial charge on any atom is -0.370 e. The first-order chi connectivity index (χ1) is 8.43. The molecule has 0 fully saturated rings. The van der Waals surface area contributed by atoms with Gasteiger partial charge in [0.2, 0.25) is 11.8 Å². The van der Waals surface area contributed by atoms with E-state index in [2.05, 4.69) is 5.32 Å². The average molecular weight is 267 g/mol. The molecule has 0 bridgehead atoms. The molecule has 0 heterocycles. The number of hydrogen-bond donors (Lipinski definition) is 3. The third-order valence-corrected chi connectivity index (χ3v) is 2.44. The molecule has 1 atom stereocenters. The van der Waals surface area contributed by atoms with Crippen LogP contribution in [0, 0.1) is 11.3 Å². The molecule has 2 amide bonds. The largest absolute Gasteiger partial charge is 0.370 e. The van der Waals surface area contributed by atoms with Crippen molar-refractivity contribution in [2.75, 3.05) is 5.32 Å². The Morgan fingerprint density at radius 2 is 2.17 bits per heavy atom. The number of carbonyl (C=O) groups excluding carboxylic acids is 2. The number of primary amides is 1. The molecule has 1 unspecified atom stereocenters. The first-order valence-electron chi connectivity index (χ1n) is 4.98. The zero-order valence-corrected chi connectivity index (χ0v) is 10.1. The zero-order chi connectivity index (χ0) is 13.7. The van der Waals surface area contributed by atoms with Gasteiger partial charge < -0.3 is 16.8 Å². The second-order valence-electron chi connectivity index (χ2n) is 3.57. The highest BCUT2D eigenvalue weighted by atomic mass is 35.5. The molecule has 18 heavy (non-hydrogen) atoms. The van der Waals surface area contributed by atoms with Gasteiger partial charge in [0.25, 0.3) is 0 Å². The second kappa shape index (κ2) is 6.00. The maximum absolute atomic E-state index is 11.6. The van der Waals surface area contributed by atoms with Crippen LogP contribution in [0.15, 0.2) is 18.2 Å². The highest BCUT2D eigenvalue weighted by Crippen LogP contribution is 2.19. The van der Waals surface area contributed by atoms with E-state index in [0.717, 1.165) is 0 Å². The summed E-state index contributed by atoms with van der Waals surface area (Å²) in [5.74, 6) is -1.22. The van der Waals surface area contributed by atoms with Gasteiger partial charge in [-0.15, -0.1) is 0 Å². The Bertz CT molecular complexity index is 524. The van der Waals surface area contributed by atoms with Crippen LogP contribution in [0.1, 0.15) is 12.0 Å². The third kappa shape index (κ3) is 3.73. The molecule has 7 heteroatoms. The van der Waals surface area contributed by atoms with Crippen molar-refractivity contribution in [2.45, 2.75) is 12.5 Å². The quantitative estimate of drug-likeness (QED) is 0.728. The van der Waals surface area contributed by atoms with Crippen LogP contribution in [0.25, 0.3) is 0 Å². The standard InChI is InChI=1S/C11H11ClN4O2/c12-8-2-1-7(3-6(8)5-13)16-11(18)9(14)4-10(15)17/h1-3,9H,4,14H2,(H2,15,17)(H,16,18). The van der Waals surface area contributed by atoms with Gasteiger partial charge in [0, 0.05) is 5.69 Å². The molecule has 0 aliphatic heterocycles. The summed E-state index contributed by atoms with van der Waals surface area (Å²) in [6, 6.07) is 5.28. The number of hydrogen-bond acceptors (Lipinski definition) is 4. The van der Waals surface area contributed by atoms with Crippen molar-refractivity contribution in [3.8, 4) is 6.07 Å². The first kappa shape index (κ1) is 14.0. The summed E-state index contributed by atoms with van der Waals surface area (Å²) in [6.45, 7) is 0. The number of nitriles is 1. The molecule has 1 rings (SSSR count). The van der Waals surface area contributed by atoms with Crippen LogP contribution in [-0.4, -0.2) is 17.9 Å². The fraction of sp³-hybridized carbons (Fsp3) is 0.182. The van der Waals surface area contributed by atoms with Crippen LogP contribution in [0.4, 0.5) is 5.69 Å². The van der Waals surface area contributed by atoms with Crippen molar-refractivity contribution < 1.29 is 9.59 Å². The highest BCUT2D eigenvalue weighted by molar-refractivity contribution is 6.31. The molecular weight excluding hydrogens is 256 g/mol. The molecule has 1 aromatic carbocycles. The average Bonchev–Trinajstić information content (AvgIpc) is 2.30. The number of carbonyl (C=O) groups is 2. The van der Waals surface area contributed by atoms with Gasteiger partial charge in [-0.3, -0.25) is 9.59 Å². The monoisotopic (exact) mass is 266 g/mol. The third-order valence-electron chi connectivity index (χ3n) is 2.11. The smallest absolute Gasteiger partial charge is 0.241 e. The summed E-state index contributed by atoms with van der Waals surface area (Å²) in [5.41, 5.74) is 11.0. The minimum atomic E-state index is -1.02. The van der Waals surface area contributed by atoms with Crippen molar-refractivity contribution in [1.29, 1.82) is 5.26 Å². The van der Waals surface area contributed by atoms with Crippen LogP contribution in [0.2, 0.25) is 5.02 Å². The Morgan fingerprint density at radius 3 is 2.72 bits per heavy atom. The summed E-state index contributed by atoms with van der Waals surface area (Å²) in [4.78, 5) is 22.2. The maximum Gasteiger partial charge on any atom is 0.241 e. The number of amides is 2. The minimum absolute atomic E-state index is 0.234. The predicted octanol–water partition coefficient (Wildman–Crippen LogP) is 0.353. The molecule has 0 radical (unpaired) electrons. The number of halogens is 1. The number of rotatable bonds is 4. The fourth-order valence-corrected chi connectivity index (χ4v) is 1.39.